The van der Waals surface area contributed by atoms with Crippen molar-refractivity contribution in [3.05, 3.63) is 35.9 Å². The highest BCUT2D eigenvalue weighted by atomic mass is 16.5. The fraction of sp³-hybridized carbons (Fsp3) is 0.389. The normalized spacial score (nSPS) is 32.4. The van der Waals surface area contributed by atoms with Crippen LogP contribution in [0.25, 0.3) is 0 Å². The SMILES string of the molecule is COc1ccc(C(C)=O)cc1N1C(=O)[C@H]2[C@@H]3C=C[C@@](CO)(O3)[C@@H]2C1=O. The van der Waals surface area contributed by atoms with Crippen molar-refractivity contribution in [1.29, 1.82) is 0 Å². The van der Waals surface area contributed by atoms with E-state index >= 15 is 0 Å². The number of ether oxygens (including phenoxy) is 2. The van der Waals surface area contributed by atoms with Gasteiger partial charge >= 0.3 is 0 Å². The third-order valence-corrected chi connectivity index (χ3v) is 5.23. The lowest BCUT2D eigenvalue weighted by Gasteiger charge is -2.26. The van der Waals surface area contributed by atoms with Crippen LogP contribution in [0.2, 0.25) is 0 Å². The molecule has 0 aliphatic carbocycles. The monoisotopic (exact) mass is 343 g/mol. The molecule has 3 aliphatic heterocycles. The standard InChI is InChI=1S/C18H17NO6/c1-9(21)10-3-4-12(24-2)11(7-10)19-16(22)14-13-5-6-18(8-20,25-13)15(14)17(19)23/h3-7,13-15,20H,8H2,1-2H3/t13-,14-,15-,18-/m0/s1. The summed E-state index contributed by atoms with van der Waals surface area (Å²) in [6.45, 7) is 1.03. The second-order valence-electron chi connectivity index (χ2n) is 6.51. The lowest BCUT2D eigenvalue weighted by molar-refractivity contribution is -0.128. The van der Waals surface area contributed by atoms with E-state index in [2.05, 4.69) is 0 Å². The Morgan fingerprint density at radius 2 is 2.12 bits per heavy atom. The van der Waals surface area contributed by atoms with Gasteiger partial charge in [-0.2, -0.15) is 0 Å². The number of hydrogen-bond donors (Lipinski definition) is 1. The Morgan fingerprint density at radius 3 is 2.76 bits per heavy atom. The minimum Gasteiger partial charge on any atom is -0.495 e. The van der Waals surface area contributed by atoms with Gasteiger partial charge in [0.1, 0.15) is 11.4 Å². The largest absolute Gasteiger partial charge is 0.495 e. The minimum atomic E-state index is -1.15. The van der Waals surface area contributed by atoms with E-state index in [1.807, 2.05) is 0 Å². The number of carbonyl (C=O) groups excluding carboxylic acids is 3. The first-order chi connectivity index (χ1) is 11.9. The van der Waals surface area contributed by atoms with E-state index in [4.69, 9.17) is 9.47 Å². The molecular weight excluding hydrogens is 326 g/mol. The number of anilines is 1. The Labute approximate surface area is 143 Å². The molecule has 0 unspecified atom stereocenters. The van der Waals surface area contributed by atoms with Crippen molar-refractivity contribution in [1.82, 2.24) is 0 Å². The summed E-state index contributed by atoms with van der Waals surface area (Å²) in [6, 6.07) is 4.63. The number of hydrogen-bond acceptors (Lipinski definition) is 6. The first-order valence-electron chi connectivity index (χ1n) is 7.98. The molecule has 2 bridgehead atoms. The Hall–Kier alpha value is -2.51. The van der Waals surface area contributed by atoms with Crippen molar-refractivity contribution in [2.24, 2.45) is 11.8 Å². The second-order valence-corrected chi connectivity index (χ2v) is 6.51. The molecule has 4 rings (SSSR count). The smallest absolute Gasteiger partial charge is 0.241 e. The summed E-state index contributed by atoms with van der Waals surface area (Å²) < 4.78 is 11.0. The average molecular weight is 343 g/mol. The maximum atomic E-state index is 13.0. The van der Waals surface area contributed by atoms with E-state index in [1.54, 1.807) is 24.3 Å². The van der Waals surface area contributed by atoms with E-state index in [0.717, 1.165) is 4.90 Å². The zero-order valence-corrected chi connectivity index (χ0v) is 13.8. The molecule has 1 aromatic carbocycles. The lowest BCUT2D eigenvalue weighted by atomic mass is 9.77. The van der Waals surface area contributed by atoms with Crippen molar-refractivity contribution < 1.29 is 29.0 Å². The molecule has 1 aromatic rings. The van der Waals surface area contributed by atoms with E-state index < -0.39 is 35.4 Å². The highest BCUT2D eigenvalue weighted by Crippen LogP contribution is 2.53. The molecule has 7 nitrogen and oxygen atoms in total. The highest BCUT2D eigenvalue weighted by Gasteiger charge is 2.67. The van der Waals surface area contributed by atoms with Gasteiger partial charge in [-0.25, -0.2) is 4.90 Å². The molecule has 0 saturated carbocycles. The van der Waals surface area contributed by atoms with Crippen molar-refractivity contribution in [2.75, 3.05) is 18.6 Å². The van der Waals surface area contributed by atoms with E-state index in [9.17, 15) is 19.5 Å². The molecule has 130 valence electrons. The molecule has 0 radical (unpaired) electrons. The fourth-order valence-electron chi connectivity index (χ4n) is 4.01. The van der Waals surface area contributed by atoms with Crippen molar-refractivity contribution >= 4 is 23.3 Å². The van der Waals surface area contributed by atoms with Crippen LogP contribution in [0, 0.1) is 11.8 Å². The summed E-state index contributed by atoms with van der Waals surface area (Å²) in [5, 5.41) is 9.74. The number of aliphatic hydroxyl groups is 1. The number of imide groups is 1. The second kappa shape index (κ2) is 5.24. The zero-order chi connectivity index (χ0) is 17.9. The minimum absolute atomic E-state index is 0.180. The molecule has 7 heteroatoms. The van der Waals surface area contributed by atoms with Gasteiger partial charge in [0.25, 0.3) is 0 Å². The van der Waals surface area contributed by atoms with Crippen LogP contribution in [0.1, 0.15) is 17.3 Å². The van der Waals surface area contributed by atoms with E-state index in [1.165, 1.54) is 20.1 Å². The van der Waals surface area contributed by atoms with Crippen LogP contribution in [-0.2, 0) is 14.3 Å². The molecule has 4 atom stereocenters. The maximum Gasteiger partial charge on any atom is 0.241 e. The average Bonchev–Trinajstić information content (AvgIpc) is 3.25. The predicted molar refractivity (Wildman–Crippen MR) is 86.3 cm³/mol. The first kappa shape index (κ1) is 16.0. The summed E-state index contributed by atoms with van der Waals surface area (Å²) in [5.41, 5.74) is -0.530. The van der Waals surface area contributed by atoms with Gasteiger partial charge in [0.2, 0.25) is 11.8 Å². The van der Waals surface area contributed by atoms with Crippen LogP contribution in [0.3, 0.4) is 0 Å². The van der Waals surface area contributed by atoms with E-state index in [0.29, 0.717) is 11.3 Å². The summed E-state index contributed by atoms with van der Waals surface area (Å²) in [5.74, 6) is -2.15. The Kier molecular flexibility index (Phi) is 3.35. The number of carbonyl (C=O) groups is 3. The van der Waals surface area contributed by atoms with Gasteiger partial charge in [-0.05, 0) is 25.1 Å². The Balaban J connectivity index is 1.81. The Morgan fingerprint density at radius 1 is 1.36 bits per heavy atom. The van der Waals surface area contributed by atoms with Gasteiger partial charge in [-0.15, -0.1) is 0 Å². The highest BCUT2D eigenvalue weighted by molar-refractivity contribution is 6.24. The number of methoxy groups -OCH3 is 1. The maximum absolute atomic E-state index is 13.0. The quantitative estimate of drug-likeness (QED) is 0.491. The summed E-state index contributed by atoms with van der Waals surface area (Å²) >= 11 is 0. The number of benzene rings is 1. The van der Waals surface area contributed by atoms with E-state index in [-0.39, 0.29) is 18.1 Å². The number of aliphatic hydroxyl groups excluding tert-OH is 1. The molecule has 2 amide bonds. The number of Topliss-reactive ketones (excluding diaryl/α,β-unsaturated/α-hetero) is 1. The van der Waals surface area contributed by atoms with Gasteiger partial charge in [-0.3, -0.25) is 14.4 Å². The molecular formula is C18H17NO6. The summed E-state index contributed by atoms with van der Waals surface area (Å²) in [4.78, 5) is 38.8. The van der Waals surface area contributed by atoms with Crippen molar-refractivity contribution in [3.63, 3.8) is 0 Å². The summed E-state index contributed by atoms with van der Waals surface area (Å²) in [6.07, 6.45) is 2.85. The topological polar surface area (TPSA) is 93.1 Å². The van der Waals surface area contributed by atoms with Gasteiger partial charge in [-0.1, -0.05) is 12.2 Å². The van der Waals surface area contributed by atoms with Crippen LogP contribution in [0.15, 0.2) is 30.4 Å². The van der Waals surface area contributed by atoms with Crippen molar-refractivity contribution in [2.45, 2.75) is 18.6 Å². The van der Waals surface area contributed by atoms with Gasteiger partial charge < -0.3 is 14.6 Å². The number of ketones is 1. The van der Waals surface area contributed by atoms with Crippen LogP contribution in [0.4, 0.5) is 5.69 Å². The van der Waals surface area contributed by atoms with Crippen LogP contribution >= 0.6 is 0 Å². The summed E-state index contributed by atoms with van der Waals surface area (Å²) in [7, 11) is 1.43. The molecule has 0 spiro atoms. The molecule has 2 fully saturated rings. The molecule has 0 aromatic heterocycles. The third-order valence-electron chi connectivity index (χ3n) is 5.23. The zero-order valence-electron chi connectivity index (χ0n) is 13.8. The molecule has 1 N–H and O–H groups in total. The molecule has 3 aliphatic rings. The number of fused-ring (bicyclic) bond motifs is 5. The predicted octanol–water partition coefficient (Wildman–Crippen LogP) is 0.703. The van der Waals surface area contributed by atoms with Gasteiger partial charge in [0.05, 0.1) is 37.3 Å². The van der Waals surface area contributed by atoms with Gasteiger partial charge in [0.15, 0.2) is 5.78 Å². The molecule has 3 heterocycles. The number of rotatable bonds is 4. The molecule has 2 saturated heterocycles. The van der Waals surface area contributed by atoms with Gasteiger partial charge in [0, 0.05) is 5.56 Å². The lowest BCUT2D eigenvalue weighted by Crippen LogP contribution is -2.43. The van der Waals surface area contributed by atoms with Crippen LogP contribution in [0.5, 0.6) is 5.75 Å². The third kappa shape index (κ3) is 1.96. The fourth-order valence-corrected chi connectivity index (χ4v) is 4.01. The first-order valence-corrected chi connectivity index (χ1v) is 7.98. The van der Waals surface area contributed by atoms with Crippen molar-refractivity contribution in [3.8, 4) is 5.75 Å². The number of nitrogens with zero attached hydrogens (tertiary/aromatic N) is 1. The molecule has 25 heavy (non-hydrogen) atoms. The Bertz CT molecular complexity index is 831. The number of amides is 2. The van der Waals surface area contributed by atoms with Crippen LogP contribution < -0.4 is 9.64 Å². The van der Waals surface area contributed by atoms with Crippen LogP contribution in [-0.4, -0.2) is 48.1 Å².